The van der Waals surface area contributed by atoms with E-state index in [4.69, 9.17) is 0 Å². The minimum absolute atomic E-state index is 1.37. The Labute approximate surface area is 123 Å². The first-order valence-electron chi connectivity index (χ1n) is 5.58. The van der Waals surface area contributed by atoms with Crippen molar-refractivity contribution in [1.82, 2.24) is 0 Å². The Kier molecular flexibility index (Phi) is 2.92. The predicted molar refractivity (Wildman–Crippen MR) is 84.5 cm³/mol. The first-order chi connectivity index (χ1) is 8.90. The molecule has 0 unspecified atom stereocenters. The lowest BCUT2D eigenvalue weighted by Crippen LogP contribution is -1.76. The summed E-state index contributed by atoms with van der Waals surface area (Å²) in [5.41, 5.74) is 0. The second-order valence-corrected chi connectivity index (χ2v) is 8.80. The molecule has 2 aromatic carbocycles. The molecule has 0 atom stereocenters. The van der Waals surface area contributed by atoms with Gasteiger partial charge in [-0.05, 0) is 36.0 Å². The molecule has 18 heavy (non-hydrogen) atoms. The Hall–Kier alpha value is -0.420. The largest absolute Gasteiger partial charge is 0.217 e. The zero-order valence-corrected chi connectivity index (χ0v) is 12.6. The van der Waals surface area contributed by atoms with Gasteiger partial charge in [0.15, 0.2) is 4.90 Å². The van der Waals surface area contributed by atoms with E-state index in [1.54, 1.807) is 0 Å². The van der Waals surface area contributed by atoms with Gasteiger partial charge in [-0.1, -0.05) is 47.8 Å². The van der Waals surface area contributed by atoms with Crippen molar-refractivity contribution in [3.8, 4) is 0 Å². The molecule has 0 saturated heterocycles. The molecule has 88 valence electrons. The second-order valence-electron chi connectivity index (χ2n) is 3.93. The smallest absolute Gasteiger partial charge is 0.0757 e. The quantitative estimate of drug-likeness (QED) is 0.497. The zero-order valence-electron chi connectivity index (χ0n) is 9.29. The van der Waals surface area contributed by atoms with E-state index in [-0.39, 0.29) is 0 Å². The lowest BCUT2D eigenvalue weighted by atomic mass is 10.4. The Morgan fingerprint density at radius 3 is 1.94 bits per heavy atom. The van der Waals surface area contributed by atoms with Gasteiger partial charge in [-0.2, -0.15) is 0 Å². The van der Waals surface area contributed by atoms with Crippen LogP contribution in [0.3, 0.4) is 0 Å². The molecule has 0 nitrogen and oxygen atoms in total. The molecule has 0 amide bonds. The Morgan fingerprint density at radius 2 is 1.28 bits per heavy atom. The van der Waals surface area contributed by atoms with Crippen LogP contribution < -0.4 is 0 Å². The maximum atomic E-state index is 2.23. The highest BCUT2D eigenvalue weighted by Gasteiger charge is 2.32. The third kappa shape index (κ3) is 1.92. The average Bonchev–Trinajstić information content (AvgIpc) is 3.02. The Morgan fingerprint density at radius 1 is 0.667 bits per heavy atom. The van der Waals surface area contributed by atoms with E-state index in [9.17, 15) is 0 Å². The SMILES string of the molecule is c1ccc2c(c1)SC(=C1Sc3ccccc3[SH+]1)S2. The summed E-state index contributed by atoms with van der Waals surface area (Å²) in [6.07, 6.45) is 0. The van der Waals surface area contributed by atoms with E-state index < -0.39 is 0 Å². The molecular formula is C14H9S4+. The summed E-state index contributed by atoms with van der Waals surface area (Å²) >= 11 is 7.14. The van der Waals surface area contributed by atoms with Crippen molar-refractivity contribution in [3.63, 3.8) is 0 Å². The van der Waals surface area contributed by atoms with Crippen LogP contribution in [0.1, 0.15) is 0 Å². The van der Waals surface area contributed by atoms with Crippen molar-refractivity contribution in [2.24, 2.45) is 0 Å². The lowest BCUT2D eigenvalue weighted by Gasteiger charge is -1.92. The molecule has 0 spiro atoms. The fourth-order valence-electron chi connectivity index (χ4n) is 1.89. The van der Waals surface area contributed by atoms with E-state index in [0.29, 0.717) is 0 Å². The summed E-state index contributed by atoms with van der Waals surface area (Å²) < 4.78 is 2.95. The van der Waals surface area contributed by atoms with Gasteiger partial charge in [-0.25, -0.2) is 0 Å². The molecule has 0 N–H and O–H groups in total. The molecule has 4 rings (SSSR count). The van der Waals surface area contributed by atoms with E-state index in [1.807, 2.05) is 35.3 Å². The van der Waals surface area contributed by atoms with E-state index in [2.05, 4.69) is 48.5 Å². The standard InChI is InChI=1S/C14H8S4/c1-2-6-10-9(5-1)15-13(16-10)14-17-11-7-3-4-8-12(11)18-14/h1-8H/p+1. The van der Waals surface area contributed by atoms with Crippen molar-refractivity contribution in [2.45, 2.75) is 19.6 Å². The molecule has 0 fully saturated rings. The third-order valence-corrected chi connectivity index (χ3v) is 8.57. The summed E-state index contributed by atoms with van der Waals surface area (Å²) in [6, 6.07) is 17.4. The minimum atomic E-state index is 1.37. The van der Waals surface area contributed by atoms with Gasteiger partial charge in [-0.15, -0.1) is 0 Å². The van der Waals surface area contributed by atoms with Crippen LogP contribution in [-0.4, -0.2) is 0 Å². The van der Waals surface area contributed by atoms with E-state index in [0.717, 1.165) is 0 Å². The Bertz CT molecular complexity index is 549. The minimum Gasteiger partial charge on any atom is -0.0757 e. The van der Waals surface area contributed by atoms with Crippen molar-refractivity contribution in [1.29, 1.82) is 0 Å². The first kappa shape index (κ1) is 11.4. The summed E-state index contributed by atoms with van der Waals surface area (Å²) in [4.78, 5) is 5.66. The van der Waals surface area contributed by atoms with E-state index >= 15 is 0 Å². The van der Waals surface area contributed by atoms with E-state index in [1.165, 1.54) is 39.8 Å². The van der Waals surface area contributed by atoms with Gasteiger partial charge in [0.2, 0.25) is 4.24 Å². The highest BCUT2D eigenvalue weighted by molar-refractivity contribution is 8.27. The fourth-order valence-corrected chi connectivity index (χ4v) is 7.41. The molecule has 0 bridgehead atoms. The summed E-state index contributed by atoms with van der Waals surface area (Å²) in [5, 5.41) is 0. The summed E-state index contributed by atoms with van der Waals surface area (Å²) in [7, 11) is 0. The van der Waals surface area contributed by atoms with Gasteiger partial charge in [0.25, 0.3) is 0 Å². The molecule has 0 aromatic heterocycles. The molecule has 0 saturated carbocycles. The number of thioether (sulfide) groups is 3. The van der Waals surface area contributed by atoms with Crippen LogP contribution >= 0.6 is 35.3 Å². The maximum absolute atomic E-state index is 2.23. The number of hydrogen-bond acceptors (Lipinski definition) is 3. The molecule has 0 radical (unpaired) electrons. The van der Waals surface area contributed by atoms with Gasteiger partial charge < -0.3 is 0 Å². The lowest BCUT2D eigenvalue weighted by molar-refractivity contribution is 1.27. The van der Waals surface area contributed by atoms with Crippen LogP contribution in [0.4, 0.5) is 0 Å². The number of thiol groups is 1. The number of benzene rings is 2. The van der Waals surface area contributed by atoms with Crippen LogP contribution in [0.2, 0.25) is 0 Å². The molecule has 2 aliphatic rings. The highest BCUT2D eigenvalue weighted by atomic mass is 32.2. The van der Waals surface area contributed by atoms with Crippen molar-refractivity contribution in [3.05, 3.63) is 57.0 Å². The molecule has 4 heteroatoms. The maximum Gasteiger partial charge on any atom is 0.217 e. The monoisotopic (exact) mass is 305 g/mol. The number of hydrogen-bond donors (Lipinski definition) is 0. The fraction of sp³-hybridized carbons (Fsp3) is 0. The van der Waals surface area contributed by atoms with Crippen LogP contribution in [0.15, 0.2) is 76.6 Å². The average molecular weight is 305 g/mol. The zero-order chi connectivity index (χ0) is 11.9. The van der Waals surface area contributed by atoms with Crippen LogP contribution in [-0.2, 0) is 11.8 Å². The van der Waals surface area contributed by atoms with Crippen LogP contribution in [0.5, 0.6) is 0 Å². The summed E-state index contributed by atoms with van der Waals surface area (Å²) in [5.74, 6) is 0. The number of fused-ring (bicyclic) bond motifs is 2. The van der Waals surface area contributed by atoms with Gasteiger partial charge in [-0.3, -0.25) is 0 Å². The molecular weight excluding hydrogens is 296 g/mol. The van der Waals surface area contributed by atoms with Crippen LogP contribution in [0.25, 0.3) is 0 Å². The molecule has 2 aromatic rings. The van der Waals surface area contributed by atoms with Gasteiger partial charge >= 0.3 is 0 Å². The van der Waals surface area contributed by atoms with Crippen molar-refractivity contribution < 1.29 is 0 Å². The molecule has 0 aliphatic carbocycles. The van der Waals surface area contributed by atoms with Crippen LogP contribution in [0, 0.1) is 0 Å². The Balaban J connectivity index is 1.70. The highest BCUT2D eigenvalue weighted by Crippen LogP contribution is 2.56. The van der Waals surface area contributed by atoms with Gasteiger partial charge in [0.1, 0.15) is 4.24 Å². The first-order valence-corrected chi connectivity index (χ1v) is 8.92. The third-order valence-electron chi connectivity index (χ3n) is 2.72. The normalized spacial score (nSPS) is 16.9. The second kappa shape index (κ2) is 4.60. The van der Waals surface area contributed by atoms with Gasteiger partial charge in [0.05, 0.1) is 16.7 Å². The molecule has 2 aliphatic heterocycles. The predicted octanol–water partition coefficient (Wildman–Crippen LogP) is 4.99. The van der Waals surface area contributed by atoms with Crippen molar-refractivity contribution >= 4 is 47.0 Å². The summed E-state index contributed by atoms with van der Waals surface area (Å²) in [6.45, 7) is 0. The molecule has 2 heterocycles. The number of rotatable bonds is 0. The topological polar surface area (TPSA) is 0 Å². The van der Waals surface area contributed by atoms with Crippen molar-refractivity contribution in [2.75, 3.05) is 0 Å². The van der Waals surface area contributed by atoms with Gasteiger partial charge in [0, 0.05) is 9.79 Å².